The molecule has 0 bridgehead atoms. The molecule has 1 rings (SSSR count). The highest BCUT2D eigenvalue weighted by Gasteiger charge is 2.11. The molecule has 6 heteroatoms. The zero-order valence-electron chi connectivity index (χ0n) is 4.47. The van der Waals surface area contributed by atoms with E-state index in [0.717, 1.165) is 11.3 Å². The first-order valence-electron chi connectivity index (χ1n) is 2.16. The third-order valence-corrected chi connectivity index (χ3v) is 3.04. The van der Waals surface area contributed by atoms with E-state index in [1.165, 1.54) is 0 Å². The van der Waals surface area contributed by atoms with Crippen molar-refractivity contribution in [3.05, 3.63) is 13.9 Å². The van der Waals surface area contributed by atoms with E-state index in [2.05, 4.69) is 20.9 Å². The lowest BCUT2D eigenvalue weighted by Gasteiger charge is -1.78. The van der Waals surface area contributed by atoms with Crippen LogP contribution in [0.1, 0.15) is 9.80 Å². The van der Waals surface area contributed by atoms with Crippen molar-refractivity contribution in [2.45, 2.75) is 0 Å². The molecule has 0 aliphatic carbocycles. The molecular weight excluding hydrogens is 241 g/mol. The van der Waals surface area contributed by atoms with E-state index in [-0.39, 0.29) is 5.01 Å². The van der Waals surface area contributed by atoms with Gasteiger partial charge in [-0.1, -0.05) is 22.9 Å². The number of aromatic carboxylic acids is 1. The van der Waals surface area contributed by atoms with Gasteiger partial charge in [-0.2, -0.15) is 0 Å². The molecule has 0 unspecified atom stereocenters. The van der Waals surface area contributed by atoms with Crippen LogP contribution in [0, 0.1) is 0 Å². The van der Waals surface area contributed by atoms with E-state index < -0.39 is 5.97 Å². The summed E-state index contributed by atoms with van der Waals surface area (Å²) < 4.78 is 0.744. The van der Waals surface area contributed by atoms with Crippen molar-refractivity contribution in [2.75, 3.05) is 0 Å². The first-order valence-corrected chi connectivity index (χ1v) is 4.15. The van der Waals surface area contributed by atoms with Crippen LogP contribution in [-0.4, -0.2) is 16.1 Å². The zero-order valence-corrected chi connectivity index (χ0v) is 7.63. The van der Waals surface area contributed by atoms with Crippen LogP contribution in [0.5, 0.6) is 0 Å². The molecule has 0 aliphatic rings. The van der Waals surface area contributed by atoms with Crippen molar-refractivity contribution < 1.29 is 9.90 Å². The summed E-state index contributed by atoms with van der Waals surface area (Å²) in [5.41, 5.74) is 0. The van der Waals surface area contributed by atoms with Gasteiger partial charge in [0.05, 0.1) is 0 Å². The van der Waals surface area contributed by atoms with Crippen molar-refractivity contribution in [1.82, 2.24) is 4.98 Å². The van der Waals surface area contributed by atoms with Gasteiger partial charge in [0, 0.05) is 0 Å². The van der Waals surface area contributed by atoms with E-state index >= 15 is 0 Å². The lowest BCUT2D eigenvalue weighted by molar-refractivity contribution is 0.0696. The molecule has 0 saturated carbocycles. The molecule has 1 heterocycles. The number of halogens is 2. The second kappa shape index (κ2) is 2.86. The number of nitrogens with zero attached hydrogens (tertiary/aromatic N) is 1. The van der Waals surface area contributed by atoms with Gasteiger partial charge < -0.3 is 5.11 Å². The topological polar surface area (TPSA) is 50.2 Å². The molecule has 0 radical (unpaired) electrons. The SMILES string of the molecule is O=C(O)c1nc(Br)c(Cl)s1. The van der Waals surface area contributed by atoms with Crippen LogP contribution in [-0.2, 0) is 0 Å². The maximum Gasteiger partial charge on any atom is 0.365 e. The number of aromatic nitrogens is 1. The first kappa shape index (κ1) is 7.97. The van der Waals surface area contributed by atoms with Crippen LogP contribution in [0.2, 0.25) is 4.34 Å². The molecule has 0 atom stereocenters. The Hall–Kier alpha value is -0.130. The van der Waals surface area contributed by atoms with Gasteiger partial charge >= 0.3 is 5.97 Å². The van der Waals surface area contributed by atoms with Gasteiger partial charge in [0.25, 0.3) is 0 Å². The lowest BCUT2D eigenvalue weighted by atomic mass is 10.7. The molecule has 3 nitrogen and oxygen atoms in total. The molecule has 10 heavy (non-hydrogen) atoms. The van der Waals surface area contributed by atoms with Gasteiger partial charge in [-0.3, -0.25) is 0 Å². The van der Waals surface area contributed by atoms with Crippen LogP contribution in [0.4, 0.5) is 0 Å². The third-order valence-electron chi connectivity index (χ3n) is 0.731. The van der Waals surface area contributed by atoms with Gasteiger partial charge in [0.1, 0.15) is 8.94 Å². The lowest BCUT2D eigenvalue weighted by Crippen LogP contribution is -1.93. The Balaban J connectivity index is 3.10. The van der Waals surface area contributed by atoms with Crippen LogP contribution < -0.4 is 0 Å². The largest absolute Gasteiger partial charge is 0.476 e. The van der Waals surface area contributed by atoms with Gasteiger partial charge in [-0.05, 0) is 15.9 Å². The highest BCUT2D eigenvalue weighted by atomic mass is 79.9. The number of thiazole rings is 1. The van der Waals surface area contributed by atoms with E-state index in [1.54, 1.807) is 0 Å². The highest BCUT2D eigenvalue weighted by molar-refractivity contribution is 9.10. The summed E-state index contributed by atoms with van der Waals surface area (Å²) in [6.45, 7) is 0. The van der Waals surface area contributed by atoms with Crippen molar-refractivity contribution in [1.29, 1.82) is 0 Å². The number of carbonyl (C=O) groups is 1. The molecule has 54 valence electrons. The van der Waals surface area contributed by atoms with Crippen LogP contribution in [0.15, 0.2) is 4.60 Å². The fourth-order valence-electron chi connectivity index (χ4n) is 0.374. The second-order valence-electron chi connectivity index (χ2n) is 1.39. The molecule has 1 aromatic heterocycles. The minimum atomic E-state index is -1.06. The molecule has 0 spiro atoms. The third kappa shape index (κ3) is 1.47. The van der Waals surface area contributed by atoms with Gasteiger partial charge in [0.15, 0.2) is 0 Å². The van der Waals surface area contributed by atoms with Crippen LogP contribution in [0.25, 0.3) is 0 Å². The summed E-state index contributed by atoms with van der Waals surface area (Å²) in [5.74, 6) is -1.06. The van der Waals surface area contributed by atoms with Crippen molar-refractivity contribution >= 4 is 44.8 Å². The fourth-order valence-corrected chi connectivity index (χ4v) is 1.70. The minimum absolute atomic E-state index is 0.00289. The molecule has 0 aliphatic heterocycles. The molecule has 1 N–H and O–H groups in total. The normalized spacial score (nSPS) is 9.80. The number of hydrogen-bond acceptors (Lipinski definition) is 3. The molecule has 1 aromatic rings. The predicted octanol–water partition coefficient (Wildman–Crippen LogP) is 2.26. The Kier molecular flexibility index (Phi) is 2.28. The molecule has 0 aromatic carbocycles. The zero-order chi connectivity index (χ0) is 7.72. The molecule has 0 amide bonds. The minimum Gasteiger partial charge on any atom is -0.476 e. The highest BCUT2D eigenvalue weighted by Crippen LogP contribution is 2.28. The summed E-state index contributed by atoms with van der Waals surface area (Å²) in [4.78, 5) is 13.8. The Morgan fingerprint density at radius 2 is 2.40 bits per heavy atom. The molecule has 0 saturated heterocycles. The number of hydrogen-bond donors (Lipinski definition) is 1. The van der Waals surface area contributed by atoms with Gasteiger partial charge in [-0.15, -0.1) is 0 Å². The maximum absolute atomic E-state index is 10.2. The second-order valence-corrected chi connectivity index (χ2v) is 3.74. The average Bonchev–Trinajstić information content (AvgIpc) is 2.13. The number of carboxylic acid groups (broad SMARTS) is 1. The maximum atomic E-state index is 10.2. The fraction of sp³-hybridized carbons (Fsp3) is 0. The van der Waals surface area contributed by atoms with Crippen LogP contribution >= 0.6 is 38.9 Å². The van der Waals surface area contributed by atoms with E-state index in [1.807, 2.05) is 0 Å². The Morgan fingerprint density at radius 1 is 1.80 bits per heavy atom. The average molecular weight is 242 g/mol. The van der Waals surface area contributed by atoms with E-state index in [0.29, 0.717) is 8.94 Å². The smallest absolute Gasteiger partial charge is 0.365 e. The summed E-state index contributed by atoms with van der Waals surface area (Å²) >= 11 is 9.44. The van der Waals surface area contributed by atoms with E-state index in [4.69, 9.17) is 16.7 Å². The summed E-state index contributed by atoms with van der Waals surface area (Å²) in [6, 6.07) is 0. The first-order chi connectivity index (χ1) is 4.61. The summed E-state index contributed by atoms with van der Waals surface area (Å²) in [5, 5.41) is 8.39. The van der Waals surface area contributed by atoms with Crippen molar-refractivity contribution in [2.24, 2.45) is 0 Å². The molecule has 0 fully saturated rings. The Bertz CT molecular complexity index is 255. The van der Waals surface area contributed by atoms with Crippen molar-refractivity contribution in [3.8, 4) is 0 Å². The number of rotatable bonds is 1. The Morgan fingerprint density at radius 3 is 2.60 bits per heavy atom. The predicted molar refractivity (Wildman–Crippen MR) is 41.8 cm³/mol. The van der Waals surface area contributed by atoms with Gasteiger partial charge in [0.2, 0.25) is 5.01 Å². The van der Waals surface area contributed by atoms with Gasteiger partial charge in [-0.25, -0.2) is 9.78 Å². The van der Waals surface area contributed by atoms with Crippen LogP contribution in [0.3, 0.4) is 0 Å². The molecular formula is C4HBrClNO2S. The monoisotopic (exact) mass is 241 g/mol. The van der Waals surface area contributed by atoms with Crippen molar-refractivity contribution in [3.63, 3.8) is 0 Å². The summed E-state index contributed by atoms with van der Waals surface area (Å²) in [6.07, 6.45) is 0. The Labute approximate surface area is 73.8 Å². The quantitative estimate of drug-likeness (QED) is 0.822. The van der Waals surface area contributed by atoms with E-state index in [9.17, 15) is 4.79 Å². The standard InChI is InChI=1S/C4HBrClNO2S/c5-1-2(6)10-3(7-1)4(8)9/h(H,8,9). The summed E-state index contributed by atoms with van der Waals surface area (Å²) in [7, 11) is 0. The number of carboxylic acids is 1.